The van der Waals surface area contributed by atoms with E-state index in [1.54, 1.807) is 0 Å². The van der Waals surface area contributed by atoms with Crippen LogP contribution in [0.15, 0.2) is 18.2 Å². The summed E-state index contributed by atoms with van der Waals surface area (Å²) in [7, 11) is 0. The second kappa shape index (κ2) is 7.30. The molecular formula is C13H21ClN2O. The minimum Gasteiger partial charge on any atom is -0.328 e. The van der Waals surface area contributed by atoms with E-state index >= 15 is 0 Å². The van der Waals surface area contributed by atoms with Crippen LogP contribution in [0, 0.1) is 13.8 Å². The lowest BCUT2D eigenvalue weighted by Gasteiger charge is -2.10. The number of nitrogens with two attached hydrogens (primary N) is 1. The fraction of sp³-hybridized carbons (Fsp3) is 0.462. The quantitative estimate of drug-likeness (QED) is 0.870. The van der Waals surface area contributed by atoms with Crippen LogP contribution in [0.1, 0.15) is 30.9 Å². The molecule has 0 bridgehead atoms. The highest BCUT2D eigenvalue weighted by atomic mass is 35.5. The van der Waals surface area contributed by atoms with Crippen LogP contribution in [0.2, 0.25) is 0 Å². The van der Waals surface area contributed by atoms with Gasteiger partial charge in [-0.05, 0) is 44.4 Å². The van der Waals surface area contributed by atoms with Crippen molar-refractivity contribution in [1.82, 2.24) is 0 Å². The van der Waals surface area contributed by atoms with Gasteiger partial charge in [-0.25, -0.2) is 0 Å². The predicted octanol–water partition coefficient (Wildman–Crippen LogP) is 2.79. The number of carbonyl (C=O) groups excluding carboxylic acids is 1. The van der Waals surface area contributed by atoms with Crippen LogP contribution in [-0.4, -0.2) is 11.9 Å². The van der Waals surface area contributed by atoms with Gasteiger partial charge in [0.2, 0.25) is 5.91 Å². The summed E-state index contributed by atoms with van der Waals surface area (Å²) < 4.78 is 0. The van der Waals surface area contributed by atoms with E-state index < -0.39 is 0 Å². The molecule has 0 saturated heterocycles. The first-order valence-corrected chi connectivity index (χ1v) is 5.61. The van der Waals surface area contributed by atoms with Gasteiger partial charge in [0.25, 0.3) is 0 Å². The maximum absolute atomic E-state index is 11.6. The highest BCUT2D eigenvalue weighted by molar-refractivity contribution is 5.91. The van der Waals surface area contributed by atoms with E-state index in [1.807, 2.05) is 39.0 Å². The van der Waals surface area contributed by atoms with Crippen molar-refractivity contribution in [2.75, 3.05) is 5.32 Å². The standard InChI is InChI=1S/C13H20N2O.ClH/c1-9-4-5-10(2)12(8-9)15-13(16)7-6-11(3)14;/h4-5,8,11H,6-7,14H2,1-3H3,(H,15,16);1H. The molecule has 1 rings (SSSR count). The monoisotopic (exact) mass is 256 g/mol. The Balaban J connectivity index is 0.00000256. The van der Waals surface area contributed by atoms with Gasteiger partial charge in [0.05, 0.1) is 0 Å². The first-order chi connectivity index (χ1) is 7.49. The number of benzene rings is 1. The Bertz CT molecular complexity index is 378. The average molecular weight is 257 g/mol. The number of halogens is 1. The van der Waals surface area contributed by atoms with Crippen LogP contribution in [0.3, 0.4) is 0 Å². The van der Waals surface area contributed by atoms with Gasteiger partial charge in [-0.3, -0.25) is 4.79 Å². The lowest BCUT2D eigenvalue weighted by molar-refractivity contribution is -0.116. The van der Waals surface area contributed by atoms with Gasteiger partial charge >= 0.3 is 0 Å². The van der Waals surface area contributed by atoms with Gasteiger partial charge in [0.15, 0.2) is 0 Å². The Morgan fingerprint density at radius 1 is 1.41 bits per heavy atom. The molecule has 1 unspecified atom stereocenters. The Labute approximate surface area is 109 Å². The molecule has 1 aromatic carbocycles. The summed E-state index contributed by atoms with van der Waals surface area (Å²) >= 11 is 0. The molecule has 0 aliphatic heterocycles. The predicted molar refractivity (Wildman–Crippen MR) is 74.7 cm³/mol. The molecule has 3 nitrogen and oxygen atoms in total. The fourth-order valence-corrected chi connectivity index (χ4v) is 1.44. The molecule has 3 N–H and O–H groups in total. The molecule has 1 atom stereocenters. The number of anilines is 1. The molecular weight excluding hydrogens is 236 g/mol. The molecule has 0 spiro atoms. The molecule has 0 heterocycles. The zero-order valence-corrected chi connectivity index (χ0v) is 11.4. The normalized spacial score (nSPS) is 11.5. The molecule has 0 aliphatic carbocycles. The molecule has 0 aliphatic rings. The van der Waals surface area contributed by atoms with E-state index in [2.05, 4.69) is 5.32 Å². The van der Waals surface area contributed by atoms with Crippen LogP contribution in [-0.2, 0) is 4.79 Å². The minimum atomic E-state index is 0. The summed E-state index contributed by atoms with van der Waals surface area (Å²) in [5.74, 6) is 0.0333. The van der Waals surface area contributed by atoms with Crippen molar-refractivity contribution >= 4 is 24.0 Å². The van der Waals surface area contributed by atoms with Gasteiger partial charge in [0.1, 0.15) is 0 Å². The van der Waals surface area contributed by atoms with Gasteiger partial charge in [-0.1, -0.05) is 12.1 Å². The summed E-state index contributed by atoms with van der Waals surface area (Å²) in [6.07, 6.45) is 1.20. The summed E-state index contributed by atoms with van der Waals surface area (Å²) in [6, 6.07) is 6.10. The lowest BCUT2D eigenvalue weighted by atomic mass is 10.1. The summed E-state index contributed by atoms with van der Waals surface area (Å²) in [5.41, 5.74) is 8.74. The van der Waals surface area contributed by atoms with E-state index in [-0.39, 0.29) is 24.4 Å². The van der Waals surface area contributed by atoms with Gasteiger partial charge in [-0.15, -0.1) is 12.4 Å². The van der Waals surface area contributed by atoms with Crippen LogP contribution in [0.5, 0.6) is 0 Å². The molecule has 96 valence electrons. The van der Waals surface area contributed by atoms with E-state index in [9.17, 15) is 4.79 Å². The van der Waals surface area contributed by atoms with Crippen molar-refractivity contribution in [2.45, 2.75) is 39.7 Å². The van der Waals surface area contributed by atoms with Crippen molar-refractivity contribution in [3.63, 3.8) is 0 Å². The van der Waals surface area contributed by atoms with E-state index in [0.717, 1.165) is 23.2 Å². The third-order valence-electron chi connectivity index (χ3n) is 2.49. The number of hydrogen-bond acceptors (Lipinski definition) is 2. The van der Waals surface area contributed by atoms with Crippen LogP contribution >= 0.6 is 12.4 Å². The molecule has 0 fully saturated rings. The van der Waals surface area contributed by atoms with Crippen LogP contribution < -0.4 is 11.1 Å². The Morgan fingerprint density at radius 2 is 2.06 bits per heavy atom. The van der Waals surface area contributed by atoms with Gasteiger partial charge in [-0.2, -0.15) is 0 Å². The topological polar surface area (TPSA) is 55.1 Å². The highest BCUT2D eigenvalue weighted by Crippen LogP contribution is 2.16. The maximum Gasteiger partial charge on any atom is 0.224 e. The van der Waals surface area contributed by atoms with Crippen LogP contribution in [0.25, 0.3) is 0 Å². The van der Waals surface area contributed by atoms with Gasteiger partial charge < -0.3 is 11.1 Å². The third-order valence-corrected chi connectivity index (χ3v) is 2.49. The molecule has 4 heteroatoms. The van der Waals surface area contributed by atoms with Crippen molar-refractivity contribution in [2.24, 2.45) is 5.73 Å². The van der Waals surface area contributed by atoms with Crippen molar-refractivity contribution in [1.29, 1.82) is 0 Å². The molecule has 1 amide bonds. The number of hydrogen-bond donors (Lipinski definition) is 2. The summed E-state index contributed by atoms with van der Waals surface area (Å²) in [6.45, 7) is 5.91. The SMILES string of the molecule is Cc1ccc(C)c(NC(=O)CCC(C)N)c1.Cl. The maximum atomic E-state index is 11.6. The lowest BCUT2D eigenvalue weighted by Crippen LogP contribution is -2.19. The first kappa shape index (κ1) is 15.9. The molecule has 0 saturated carbocycles. The second-order valence-corrected chi connectivity index (χ2v) is 4.38. The van der Waals surface area contributed by atoms with Crippen LogP contribution in [0.4, 0.5) is 5.69 Å². The fourth-order valence-electron chi connectivity index (χ4n) is 1.44. The van der Waals surface area contributed by atoms with E-state index in [1.165, 1.54) is 0 Å². The second-order valence-electron chi connectivity index (χ2n) is 4.38. The zero-order chi connectivity index (χ0) is 12.1. The van der Waals surface area contributed by atoms with Crippen molar-refractivity contribution < 1.29 is 4.79 Å². The van der Waals surface area contributed by atoms with E-state index in [0.29, 0.717) is 6.42 Å². The number of aryl methyl sites for hydroxylation is 2. The van der Waals surface area contributed by atoms with Crippen molar-refractivity contribution in [3.05, 3.63) is 29.3 Å². The Kier molecular flexibility index (Phi) is 6.85. The summed E-state index contributed by atoms with van der Waals surface area (Å²) in [4.78, 5) is 11.6. The zero-order valence-electron chi connectivity index (χ0n) is 10.6. The number of nitrogens with one attached hydrogen (secondary N) is 1. The van der Waals surface area contributed by atoms with Gasteiger partial charge in [0, 0.05) is 18.2 Å². The minimum absolute atomic E-state index is 0. The molecule has 1 aromatic rings. The van der Waals surface area contributed by atoms with Crippen molar-refractivity contribution in [3.8, 4) is 0 Å². The Hall–Kier alpha value is -1.06. The highest BCUT2D eigenvalue weighted by Gasteiger charge is 2.06. The number of carbonyl (C=O) groups is 1. The molecule has 17 heavy (non-hydrogen) atoms. The first-order valence-electron chi connectivity index (χ1n) is 5.61. The Morgan fingerprint density at radius 3 is 2.65 bits per heavy atom. The molecule has 0 radical (unpaired) electrons. The molecule has 0 aromatic heterocycles. The largest absolute Gasteiger partial charge is 0.328 e. The third kappa shape index (κ3) is 5.71. The summed E-state index contributed by atoms with van der Waals surface area (Å²) in [5, 5.41) is 2.91. The van der Waals surface area contributed by atoms with E-state index in [4.69, 9.17) is 5.73 Å². The smallest absolute Gasteiger partial charge is 0.224 e. The number of amides is 1. The number of rotatable bonds is 4. The average Bonchev–Trinajstić information content (AvgIpc) is 2.20.